The second kappa shape index (κ2) is 8.66. The van der Waals surface area contributed by atoms with Gasteiger partial charge in [-0.05, 0) is 85.6 Å². The molecule has 3 heteroatoms. The highest BCUT2D eigenvalue weighted by atomic mass is 19.2. The molecule has 0 amide bonds. The number of fused-ring (bicyclic) bond motifs is 1. The van der Waals surface area contributed by atoms with Gasteiger partial charge in [0, 0.05) is 11.1 Å². The Bertz CT molecular complexity index is 896. The topological polar surface area (TPSA) is 0 Å². The number of halogens is 3. The summed E-state index contributed by atoms with van der Waals surface area (Å²) in [5.41, 5.74) is 2.29. The van der Waals surface area contributed by atoms with Crippen LogP contribution in [0.4, 0.5) is 13.2 Å². The third kappa shape index (κ3) is 4.53. The van der Waals surface area contributed by atoms with Gasteiger partial charge in [0.1, 0.15) is 0 Å². The fourth-order valence-electron chi connectivity index (χ4n) is 5.27. The van der Waals surface area contributed by atoms with Crippen LogP contribution < -0.4 is 0 Å². The second-order valence-electron chi connectivity index (χ2n) is 8.74. The summed E-state index contributed by atoms with van der Waals surface area (Å²) in [5.74, 6) is 5.10. The monoisotopic (exact) mass is 396 g/mol. The predicted molar refractivity (Wildman–Crippen MR) is 110 cm³/mol. The highest BCUT2D eigenvalue weighted by molar-refractivity contribution is 5.44. The maximum absolute atomic E-state index is 13.3. The van der Waals surface area contributed by atoms with Crippen LogP contribution in [0.3, 0.4) is 0 Å². The van der Waals surface area contributed by atoms with Crippen molar-refractivity contribution < 1.29 is 13.2 Å². The van der Waals surface area contributed by atoms with E-state index < -0.39 is 17.5 Å². The van der Waals surface area contributed by atoms with Crippen LogP contribution in [-0.4, -0.2) is 0 Å². The Labute approximate surface area is 171 Å². The first-order chi connectivity index (χ1) is 14.0. The van der Waals surface area contributed by atoms with Crippen molar-refractivity contribution in [3.05, 3.63) is 70.5 Å². The van der Waals surface area contributed by atoms with E-state index in [9.17, 15) is 13.2 Å². The van der Waals surface area contributed by atoms with Crippen molar-refractivity contribution in [2.24, 2.45) is 17.8 Å². The average molecular weight is 396 g/mol. The Morgan fingerprint density at radius 2 is 1.41 bits per heavy atom. The molecule has 4 atom stereocenters. The van der Waals surface area contributed by atoms with Crippen LogP contribution in [0.2, 0.25) is 0 Å². The summed E-state index contributed by atoms with van der Waals surface area (Å²) in [6.07, 6.45) is 9.42. The largest absolute Gasteiger partial charge is 0.204 e. The molecular formula is C26H27F3. The van der Waals surface area contributed by atoms with E-state index in [1.165, 1.54) is 50.5 Å². The van der Waals surface area contributed by atoms with E-state index in [0.29, 0.717) is 5.92 Å². The first kappa shape index (κ1) is 20.1. The Hall–Kier alpha value is -2.21. The molecule has 0 nitrogen and oxygen atoms in total. The zero-order valence-electron chi connectivity index (χ0n) is 16.9. The van der Waals surface area contributed by atoms with Gasteiger partial charge in [-0.25, -0.2) is 13.2 Å². The van der Waals surface area contributed by atoms with Gasteiger partial charge in [0.2, 0.25) is 0 Å². The third-order valence-electron chi connectivity index (χ3n) is 7.02. The minimum absolute atomic E-state index is 0.131. The number of rotatable bonds is 2. The van der Waals surface area contributed by atoms with E-state index in [1.807, 2.05) is 12.1 Å². The van der Waals surface area contributed by atoms with Crippen molar-refractivity contribution in [3.63, 3.8) is 0 Å². The molecule has 0 radical (unpaired) electrons. The van der Waals surface area contributed by atoms with Crippen molar-refractivity contribution in [2.75, 3.05) is 0 Å². The molecule has 152 valence electrons. The standard InChI is InChI=1S/C26H27F3/c1-2-17-5-10-23-16-22(12-11-21(23)13-17)20-8-6-18(7-9-20)3-4-19-14-24(27)26(29)25(28)15-19/h6-9,14-15,17,21-23H,2,5,10-13,16H2,1H3. The molecule has 29 heavy (non-hydrogen) atoms. The van der Waals surface area contributed by atoms with Crippen molar-refractivity contribution >= 4 is 0 Å². The Morgan fingerprint density at radius 3 is 2.10 bits per heavy atom. The molecule has 2 aliphatic rings. The lowest BCUT2D eigenvalue weighted by Crippen LogP contribution is -2.30. The lowest BCUT2D eigenvalue weighted by atomic mass is 9.63. The molecule has 0 aromatic heterocycles. The molecule has 2 saturated carbocycles. The summed E-state index contributed by atoms with van der Waals surface area (Å²) >= 11 is 0. The second-order valence-corrected chi connectivity index (χ2v) is 8.74. The van der Waals surface area contributed by atoms with E-state index in [4.69, 9.17) is 0 Å². The normalized spacial score (nSPS) is 26.3. The van der Waals surface area contributed by atoms with Gasteiger partial charge in [-0.2, -0.15) is 0 Å². The Balaban J connectivity index is 1.42. The molecular weight excluding hydrogens is 369 g/mol. The predicted octanol–water partition coefficient (Wildman–Crippen LogP) is 7.21. The molecule has 2 aromatic carbocycles. The molecule has 2 fully saturated rings. The van der Waals surface area contributed by atoms with E-state index in [1.54, 1.807) is 0 Å². The molecule has 0 saturated heterocycles. The van der Waals surface area contributed by atoms with Gasteiger partial charge in [0.15, 0.2) is 17.5 Å². The number of hydrogen-bond donors (Lipinski definition) is 0. The van der Waals surface area contributed by atoms with E-state index in [2.05, 4.69) is 30.9 Å². The van der Waals surface area contributed by atoms with Gasteiger partial charge in [-0.3, -0.25) is 0 Å². The SMILES string of the molecule is CCC1CCC2CC(c3ccc(C#Cc4cc(F)c(F)c(F)c4)cc3)CCC2C1. The van der Waals surface area contributed by atoms with Crippen LogP contribution >= 0.6 is 0 Å². The van der Waals surface area contributed by atoms with Crippen LogP contribution in [0.5, 0.6) is 0 Å². The molecule has 0 aliphatic heterocycles. The van der Waals surface area contributed by atoms with Crippen LogP contribution in [0.25, 0.3) is 0 Å². The van der Waals surface area contributed by atoms with Gasteiger partial charge < -0.3 is 0 Å². The maximum atomic E-state index is 13.3. The molecule has 0 N–H and O–H groups in total. The molecule has 4 rings (SSSR count). The van der Waals surface area contributed by atoms with Crippen molar-refractivity contribution in [2.45, 2.75) is 57.8 Å². The smallest absolute Gasteiger partial charge is 0.194 e. The summed E-state index contributed by atoms with van der Waals surface area (Å²) in [4.78, 5) is 0. The maximum Gasteiger partial charge on any atom is 0.194 e. The fraction of sp³-hybridized carbons (Fsp3) is 0.462. The third-order valence-corrected chi connectivity index (χ3v) is 7.02. The highest BCUT2D eigenvalue weighted by Gasteiger charge is 2.35. The lowest BCUT2D eigenvalue weighted by Gasteiger charge is -2.42. The summed E-state index contributed by atoms with van der Waals surface area (Å²) < 4.78 is 39.6. The van der Waals surface area contributed by atoms with Crippen molar-refractivity contribution in [1.82, 2.24) is 0 Å². The average Bonchev–Trinajstić information content (AvgIpc) is 2.75. The molecule has 2 aromatic rings. The first-order valence-corrected chi connectivity index (χ1v) is 10.8. The molecule has 0 spiro atoms. The molecule has 4 unspecified atom stereocenters. The minimum Gasteiger partial charge on any atom is -0.204 e. The van der Waals surface area contributed by atoms with Gasteiger partial charge in [-0.15, -0.1) is 0 Å². The van der Waals surface area contributed by atoms with E-state index >= 15 is 0 Å². The van der Waals surface area contributed by atoms with Crippen LogP contribution in [0.1, 0.15) is 74.5 Å². The van der Waals surface area contributed by atoms with Crippen molar-refractivity contribution in [1.29, 1.82) is 0 Å². The zero-order chi connectivity index (χ0) is 20.4. The van der Waals surface area contributed by atoms with Gasteiger partial charge in [0.05, 0.1) is 0 Å². The summed E-state index contributed by atoms with van der Waals surface area (Å²) in [7, 11) is 0. The van der Waals surface area contributed by atoms with Gasteiger partial charge >= 0.3 is 0 Å². The van der Waals surface area contributed by atoms with Crippen LogP contribution in [0, 0.1) is 47.0 Å². The number of benzene rings is 2. The molecule has 0 heterocycles. The number of hydrogen-bond acceptors (Lipinski definition) is 0. The molecule has 0 bridgehead atoms. The Morgan fingerprint density at radius 1 is 0.793 bits per heavy atom. The zero-order valence-corrected chi connectivity index (χ0v) is 16.9. The van der Waals surface area contributed by atoms with Crippen LogP contribution in [-0.2, 0) is 0 Å². The molecule has 2 aliphatic carbocycles. The summed E-state index contributed by atoms with van der Waals surface area (Å²) in [5, 5.41) is 0. The minimum atomic E-state index is -1.46. The van der Waals surface area contributed by atoms with E-state index in [-0.39, 0.29) is 5.56 Å². The summed E-state index contributed by atoms with van der Waals surface area (Å²) in [6, 6.07) is 10.1. The van der Waals surface area contributed by atoms with Gasteiger partial charge in [0.25, 0.3) is 0 Å². The first-order valence-electron chi connectivity index (χ1n) is 10.8. The fourth-order valence-corrected chi connectivity index (χ4v) is 5.27. The summed E-state index contributed by atoms with van der Waals surface area (Å²) in [6.45, 7) is 2.32. The quantitative estimate of drug-likeness (QED) is 0.371. The van der Waals surface area contributed by atoms with E-state index in [0.717, 1.165) is 35.4 Å². The lowest BCUT2D eigenvalue weighted by molar-refractivity contribution is 0.116. The van der Waals surface area contributed by atoms with Crippen LogP contribution in [0.15, 0.2) is 36.4 Å². The Kier molecular flexibility index (Phi) is 5.99. The highest BCUT2D eigenvalue weighted by Crippen LogP contribution is 2.48. The van der Waals surface area contributed by atoms with Crippen molar-refractivity contribution in [3.8, 4) is 11.8 Å². The van der Waals surface area contributed by atoms with Gasteiger partial charge in [-0.1, -0.05) is 43.7 Å².